The minimum atomic E-state index is 1.21. The molecule has 3 heterocycles. The van der Waals surface area contributed by atoms with Crippen molar-refractivity contribution in [2.24, 2.45) is 0 Å². The van der Waals surface area contributed by atoms with Crippen LogP contribution in [0, 0.1) is 0 Å². The van der Waals surface area contributed by atoms with Crippen LogP contribution in [0.15, 0.2) is 11.4 Å². The molecule has 0 spiro atoms. The topological polar surface area (TPSA) is 0 Å². The van der Waals surface area contributed by atoms with Gasteiger partial charge in [0.2, 0.25) is 0 Å². The van der Waals surface area contributed by atoms with Gasteiger partial charge in [-0.15, -0.1) is 34.0 Å². The molecular weight excluding hydrogens is 240 g/mol. The normalized spacial score (nSPS) is 15.2. The third-order valence-electron chi connectivity index (χ3n) is 2.82. The van der Waals surface area contributed by atoms with E-state index in [2.05, 4.69) is 23.6 Å². The summed E-state index contributed by atoms with van der Waals surface area (Å²) in [6, 6.07) is 2.25. The lowest BCUT2D eigenvalue weighted by Gasteiger charge is -1.92. The molecule has 4 rings (SSSR count). The van der Waals surface area contributed by atoms with E-state index >= 15 is 0 Å². The first-order valence-electron chi connectivity index (χ1n) is 5.02. The van der Waals surface area contributed by atoms with E-state index in [9.17, 15) is 0 Å². The number of fused-ring (bicyclic) bond motifs is 5. The Kier molecular flexibility index (Phi) is 1.67. The summed E-state index contributed by atoms with van der Waals surface area (Å²) < 4.78 is 7.49. The fraction of sp³-hybridized carbons (Fsp3) is 0.167. The highest BCUT2D eigenvalue weighted by Gasteiger charge is 2.11. The predicted molar refractivity (Wildman–Crippen MR) is 72.5 cm³/mol. The fourth-order valence-electron chi connectivity index (χ4n) is 2.14. The molecule has 3 aromatic heterocycles. The molecule has 0 N–H and O–H groups in total. The van der Waals surface area contributed by atoms with E-state index in [-0.39, 0.29) is 0 Å². The Morgan fingerprint density at radius 2 is 1.87 bits per heavy atom. The summed E-state index contributed by atoms with van der Waals surface area (Å²) in [5, 5.41) is 3.71. The van der Waals surface area contributed by atoms with E-state index in [4.69, 9.17) is 0 Å². The molecule has 0 saturated carbocycles. The molecule has 1 aliphatic carbocycles. The van der Waals surface area contributed by atoms with E-state index in [1.165, 1.54) is 41.4 Å². The van der Waals surface area contributed by atoms with Crippen molar-refractivity contribution in [3.63, 3.8) is 0 Å². The standard InChI is InChI=1S/C12H8S3/c1-2-4-8-7(3-1)10-12(14-8)11-9(15-10)5-6-13-11/h3-6H,1-2H2. The summed E-state index contributed by atoms with van der Waals surface area (Å²) in [4.78, 5) is 0. The van der Waals surface area contributed by atoms with E-state index < -0.39 is 0 Å². The SMILES string of the molecule is C1=c2sc3c(sc4ccsc43)c2=CCC1. The van der Waals surface area contributed by atoms with Gasteiger partial charge in [0.05, 0.1) is 14.1 Å². The molecule has 0 aliphatic heterocycles. The Morgan fingerprint density at radius 1 is 0.933 bits per heavy atom. The third kappa shape index (κ3) is 1.06. The molecule has 0 nitrogen and oxygen atoms in total. The van der Waals surface area contributed by atoms with Crippen molar-refractivity contribution in [2.45, 2.75) is 12.8 Å². The molecule has 15 heavy (non-hydrogen) atoms. The Morgan fingerprint density at radius 3 is 2.87 bits per heavy atom. The van der Waals surface area contributed by atoms with Gasteiger partial charge in [0.1, 0.15) is 0 Å². The molecule has 0 amide bonds. The molecule has 0 saturated heterocycles. The van der Waals surface area contributed by atoms with Crippen molar-refractivity contribution in [3.05, 3.63) is 21.2 Å². The molecule has 0 atom stereocenters. The van der Waals surface area contributed by atoms with E-state index in [0.29, 0.717) is 0 Å². The maximum atomic E-state index is 2.41. The quantitative estimate of drug-likeness (QED) is 0.571. The summed E-state index contributed by atoms with van der Waals surface area (Å²) in [5.41, 5.74) is 0. The second kappa shape index (κ2) is 2.94. The molecule has 74 valence electrons. The van der Waals surface area contributed by atoms with Gasteiger partial charge < -0.3 is 0 Å². The van der Waals surface area contributed by atoms with Gasteiger partial charge >= 0.3 is 0 Å². The lowest BCUT2D eigenvalue weighted by atomic mass is 10.2. The summed E-state index contributed by atoms with van der Waals surface area (Å²) in [6.45, 7) is 0. The van der Waals surface area contributed by atoms with Crippen molar-refractivity contribution in [2.75, 3.05) is 0 Å². The summed E-state index contributed by atoms with van der Waals surface area (Å²) in [7, 11) is 0. The largest absolute Gasteiger partial charge is 0.141 e. The maximum Gasteiger partial charge on any atom is 0.0641 e. The van der Waals surface area contributed by atoms with Gasteiger partial charge in [0.25, 0.3) is 0 Å². The highest BCUT2D eigenvalue weighted by atomic mass is 32.1. The second-order valence-electron chi connectivity index (χ2n) is 3.74. The zero-order chi connectivity index (χ0) is 9.83. The lowest BCUT2D eigenvalue weighted by Crippen LogP contribution is -2.20. The van der Waals surface area contributed by atoms with Crippen LogP contribution in [-0.2, 0) is 0 Å². The predicted octanol–water partition coefficient (Wildman–Crippen LogP) is 3.53. The maximum absolute atomic E-state index is 2.41. The summed E-state index contributed by atoms with van der Waals surface area (Å²) in [6.07, 6.45) is 7.24. The molecule has 0 bridgehead atoms. The van der Waals surface area contributed by atoms with Gasteiger partial charge in [-0.3, -0.25) is 0 Å². The number of thiophene rings is 3. The molecule has 0 radical (unpaired) electrons. The van der Waals surface area contributed by atoms with Crippen LogP contribution in [0.3, 0.4) is 0 Å². The van der Waals surface area contributed by atoms with Crippen molar-refractivity contribution in [3.8, 4) is 0 Å². The number of hydrogen-bond acceptors (Lipinski definition) is 3. The second-order valence-corrected chi connectivity index (χ2v) is 6.76. The average molecular weight is 248 g/mol. The Bertz CT molecular complexity index is 767. The van der Waals surface area contributed by atoms with Crippen LogP contribution in [0.25, 0.3) is 31.0 Å². The first-order valence-corrected chi connectivity index (χ1v) is 7.53. The zero-order valence-electron chi connectivity index (χ0n) is 7.95. The molecular formula is C12H8S3. The van der Waals surface area contributed by atoms with Gasteiger partial charge in [-0.2, -0.15) is 0 Å². The highest BCUT2D eigenvalue weighted by molar-refractivity contribution is 7.37. The summed E-state index contributed by atoms with van der Waals surface area (Å²) >= 11 is 5.81. The van der Waals surface area contributed by atoms with Crippen molar-refractivity contribution in [1.82, 2.24) is 0 Å². The Hall–Kier alpha value is -0.640. The van der Waals surface area contributed by atoms with Crippen molar-refractivity contribution in [1.29, 1.82) is 0 Å². The van der Waals surface area contributed by atoms with Crippen LogP contribution in [0.1, 0.15) is 12.8 Å². The van der Waals surface area contributed by atoms with Gasteiger partial charge in [0, 0.05) is 14.5 Å². The van der Waals surface area contributed by atoms with Crippen LogP contribution >= 0.6 is 34.0 Å². The van der Waals surface area contributed by atoms with Gasteiger partial charge in [-0.1, -0.05) is 12.2 Å². The molecule has 3 aromatic rings. The first-order chi connectivity index (χ1) is 7.43. The Labute approximate surface area is 98.8 Å². The van der Waals surface area contributed by atoms with Crippen LogP contribution in [0.2, 0.25) is 0 Å². The van der Waals surface area contributed by atoms with Crippen LogP contribution < -0.4 is 9.75 Å². The van der Waals surface area contributed by atoms with E-state index in [1.54, 1.807) is 0 Å². The van der Waals surface area contributed by atoms with Crippen LogP contribution in [0.5, 0.6) is 0 Å². The van der Waals surface area contributed by atoms with Crippen molar-refractivity contribution >= 4 is 65.0 Å². The number of hydrogen-bond donors (Lipinski definition) is 0. The van der Waals surface area contributed by atoms with Crippen LogP contribution in [-0.4, -0.2) is 0 Å². The monoisotopic (exact) mass is 248 g/mol. The average Bonchev–Trinajstić information content (AvgIpc) is 2.87. The summed E-state index contributed by atoms with van der Waals surface area (Å²) in [5.74, 6) is 0. The Balaban J connectivity index is 2.38. The smallest absolute Gasteiger partial charge is 0.0641 e. The first kappa shape index (κ1) is 8.50. The van der Waals surface area contributed by atoms with Crippen molar-refractivity contribution < 1.29 is 0 Å². The number of rotatable bonds is 0. The molecule has 0 unspecified atom stereocenters. The zero-order valence-corrected chi connectivity index (χ0v) is 10.4. The minimum Gasteiger partial charge on any atom is -0.141 e. The van der Waals surface area contributed by atoms with Gasteiger partial charge in [-0.05, 0) is 24.3 Å². The molecule has 3 heteroatoms. The minimum absolute atomic E-state index is 1.21. The third-order valence-corrected chi connectivity index (χ3v) is 6.55. The lowest BCUT2D eigenvalue weighted by molar-refractivity contribution is 1.13. The molecule has 0 fully saturated rings. The van der Waals surface area contributed by atoms with E-state index in [1.807, 2.05) is 34.0 Å². The van der Waals surface area contributed by atoms with E-state index in [0.717, 1.165) is 0 Å². The van der Waals surface area contributed by atoms with Gasteiger partial charge in [0.15, 0.2) is 0 Å². The van der Waals surface area contributed by atoms with Crippen LogP contribution in [0.4, 0.5) is 0 Å². The highest BCUT2D eigenvalue weighted by Crippen LogP contribution is 2.37. The molecule has 1 aliphatic rings. The fourth-order valence-corrected chi connectivity index (χ4v) is 6.11. The van der Waals surface area contributed by atoms with Gasteiger partial charge in [-0.25, -0.2) is 0 Å². The molecule has 0 aromatic carbocycles.